The number of nitrogens with one attached hydrogen (secondary N) is 1. The van der Waals surface area contributed by atoms with Crippen LogP contribution in [0.5, 0.6) is 17.2 Å². The molecule has 0 aliphatic carbocycles. The van der Waals surface area contributed by atoms with Crippen LogP contribution in [0.1, 0.15) is 40.8 Å². The fourth-order valence-corrected chi connectivity index (χ4v) is 5.14. The van der Waals surface area contributed by atoms with E-state index in [4.69, 9.17) is 36.0 Å². The van der Waals surface area contributed by atoms with Crippen LogP contribution in [0.4, 0.5) is 0 Å². The quantitative estimate of drug-likeness (QED) is 0.139. The summed E-state index contributed by atoms with van der Waals surface area (Å²) in [5.74, 6) is 2.08. The first-order valence-electron chi connectivity index (χ1n) is 14.6. The molecule has 0 spiro atoms. The molecule has 0 amide bonds. The van der Waals surface area contributed by atoms with Crippen LogP contribution in [0.15, 0.2) is 54.7 Å². The van der Waals surface area contributed by atoms with Gasteiger partial charge in [0, 0.05) is 50.5 Å². The van der Waals surface area contributed by atoms with E-state index in [2.05, 4.69) is 47.7 Å². The molecule has 0 aliphatic heterocycles. The van der Waals surface area contributed by atoms with Crippen LogP contribution < -0.4 is 19.5 Å². The molecule has 0 saturated carbocycles. The molecule has 0 saturated heterocycles. The number of ether oxygens (including phenoxy) is 3. The molecular weight excluding hydrogens is 568 g/mol. The Balaban J connectivity index is 1.40. The number of aromatic nitrogens is 3. The second kappa shape index (κ2) is 16.3. The highest BCUT2D eigenvalue weighted by molar-refractivity contribution is 6.32. The number of aryl methyl sites for hydroxylation is 2. The average Bonchev–Trinajstić information content (AvgIpc) is 3.47. The Morgan fingerprint density at radius 3 is 2.44 bits per heavy atom. The Kier molecular flexibility index (Phi) is 12.2. The van der Waals surface area contributed by atoms with Crippen LogP contribution in [0.2, 0.25) is 5.02 Å². The van der Waals surface area contributed by atoms with Crippen molar-refractivity contribution in [3.05, 3.63) is 87.7 Å². The van der Waals surface area contributed by atoms with E-state index in [1.807, 2.05) is 41.2 Å². The van der Waals surface area contributed by atoms with Crippen LogP contribution >= 0.6 is 11.6 Å². The van der Waals surface area contributed by atoms with Gasteiger partial charge in [0.2, 0.25) is 0 Å². The van der Waals surface area contributed by atoms with E-state index in [9.17, 15) is 0 Å². The predicted octanol–water partition coefficient (Wildman–Crippen LogP) is 5.28. The molecule has 4 rings (SSSR count). The van der Waals surface area contributed by atoms with Crippen LogP contribution in [-0.2, 0) is 26.1 Å². The van der Waals surface area contributed by atoms with Gasteiger partial charge in [-0.25, -0.2) is 0 Å². The van der Waals surface area contributed by atoms with Crippen molar-refractivity contribution in [1.29, 1.82) is 0 Å². The molecule has 0 aliphatic rings. The highest BCUT2D eigenvalue weighted by Gasteiger charge is 2.14. The number of rotatable bonds is 17. The molecule has 230 valence electrons. The minimum atomic E-state index is 0.0613. The molecule has 0 bridgehead atoms. The minimum absolute atomic E-state index is 0.0613. The zero-order valence-electron chi connectivity index (χ0n) is 25.1. The molecule has 3 aromatic carbocycles. The number of benzene rings is 3. The lowest BCUT2D eigenvalue weighted by Crippen LogP contribution is -2.18. The first-order chi connectivity index (χ1) is 20.9. The Morgan fingerprint density at radius 1 is 0.884 bits per heavy atom. The molecule has 3 N–H and O–H groups in total. The van der Waals surface area contributed by atoms with Gasteiger partial charge in [0.25, 0.3) is 0 Å². The summed E-state index contributed by atoms with van der Waals surface area (Å²) in [6.45, 7) is 7.04. The van der Waals surface area contributed by atoms with Crippen molar-refractivity contribution in [1.82, 2.24) is 20.3 Å². The van der Waals surface area contributed by atoms with Gasteiger partial charge >= 0.3 is 0 Å². The van der Waals surface area contributed by atoms with Crippen molar-refractivity contribution in [3.63, 3.8) is 0 Å². The zero-order valence-corrected chi connectivity index (χ0v) is 25.9. The molecule has 1 heterocycles. The van der Waals surface area contributed by atoms with Gasteiger partial charge in [-0.1, -0.05) is 47.1 Å². The van der Waals surface area contributed by atoms with Crippen molar-refractivity contribution in [2.45, 2.75) is 52.8 Å². The summed E-state index contributed by atoms with van der Waals surface area (Å²) in [5.41, 5.74) is 7.28. The number of aliphatic hydroxyl groups is 2. The lowest BCUT2D eigenvalue weighted by atomic mass is 9.93. The highest BCUT2D eigenvalue weighted by Crippen LogP contribution is 2.36. The van der Waals surface area contributed by atoms with Crippen molar-refractivity contribution in [3.8, 4) is 28.4 Å². The number of hydrogen-bond donors (Lipinski definition) is 3. The Bertz CT molecular complexity index is 1480. The molecular formula is C33H41ClN4O5. The molecule has 0 unspecified atom stereocenters. The fraction of sp³-hybridized carbons (Fsp3) is 0.394. The first kappa shape index (κ1) is 32.3. The lowest BCUT2D eigenvalue weighted by molar-refractivity contribution is 0.288. The first-order valence-corrected chi connectivity index (χ1v) is 14.9. The Morgan fingerprint density at radius 2 is 1.67 bits per heavy atom. The normalized spacial score (nSPS) is 11.1. The third-order valence-corrected chi connectivity index (χ3v) is 7.60. The third kappa shape index (κ3) is 8.70. The van der Waals surface area contributed by atoms with Gasteiger partial charge in [0.1, 0.15) is 23.9 Å². The van der Waals surface area contributed by atoms with Crippen molar-refractivity contribution in [2.24, 2.45) is 0 Å². The van der Waals surface area contributed by atoms with E-state index >= 15 is 0 Å². The van der Waals surface area contributed by atoms with Crippen molar-refractivity contribution in [2.75, 3.05) is 33.5 Å². The summed E-state index contributed by atoms with van der Waals surface area (Å²) < 4.78 is 19.7. The van der Waals surface area contributed by atoms with Gasteiger partial charge in [-0.2, -0.15) is 0 Å². The zero-order chi connectivity index (χ0) is 30.6. The summed E-state index contributed by atoms with van der Waals surface area (Å²) in [6, 6.07) is 16.0. The third-order valence-electron chi connectivity index (χ3n) is 7.31. The van der Waals surface area contributed by atoms with Crippen molar-refractivity contribution < 1.29 is 24.4 Å². The number of nitrogens with zero attached hydrogens (tertiary/aromatic N) is 3. The Labute approximate surface area is 258 Å². The fourth-order valence-electron chi connectivity index (χ4n) is 4.90. The van der Waals surface area contributed by atoms with E-state index in [1.165, 1.54) is 0 Å². The van der Waals surface area contributed by atoms with Gasteiger partial charge in [-0.05, 0) is 66.6 Å². The molecule has 1 aromatic heterocycles. The van der Waals surface area contributed by atoms with Crippen LogP contribution in [-0.4, -0.2) is 58.7 Å². The number of methoxy groups -OCH3 is 1. The van der Waals surface area contributed by atoms with E-state index in [-0.39, 0.29) is 13.2 Å². The summed E-state index contributed by atoms with van der Waals surface area (Å²) in [6.07, 6.45) is 4.15. The van der Waals surface area contributed by atoms with Gasteiger partial charge in [-0.3, -0.25) is 4.68 Å². The van der Waals surface area contributed by atoms with Gasteiger partial charge in [0.05, 0.1) is 31.0 Å². The smallest absolute Gasteiger partial charge is 0.142 e. The average molecular weight is 609 g/mol. The summed E-state index contributed by atoms with van der Waals surface area (Å²) in [7, 11) is 1.62. The second-order valence-corrected chi connectivity index (χ2v) is 10.7. The topological polar surface area (TPSA) is 111 Å². The molecule has 0 atom stereocenters. The molecule has 43 heavy (non-hydrogen) atoms. The van der Waals surface area contributed by atoms with E-state index < -0.39 is 0 Å². The Hall–Kier alpha value is -3.63. The van der Waals surface area contributed by atoms with E-state index in [0.717, 1.165) is 57.7 Å². The van der Waals surface area contributed by atoms with E-state index in [1.54, 1.807) is 7.11 Å². The maximum Gasteiger partial charge on any atom is 0.142 e. The molecule has 0 radical (unpaired) electrons. The van der Waals surface area contributed by atoms with Gasteiger partial charge in [-0.15, -0.1) is 5.10 Å². The summed E-state index contributed by atoms with van der Waals surface area (Å²) in [4.78, 5) is 0. The monoisotopic (exact) mass is 608 g/mol. The predicted molar refractivity (Wildman–Crippen MR) is 168 cm³/mol. The summed E-state index contributed by atoms with van der Waals surface area (Å²) >= 11 is 6.56. The highest BCUT2D eigenvalue weighted by atomic mass is 35.5. The lowest BCUT2D eigenvalue weighted by Gasteiger charge is -2.18. The largest absolute Gasteiger partial charge is 0.496 e. The standard InChI is InChI=1S/C33H41ClN4O5/c1-23-25(22-43-33-19-32(41-3)26(18-30(33)34)20-35-13-16-40)8-4-10-28(23)29-11-5-12-31(24(29)2)42-17-7-14-38-21-27(36-37-38)9-6-15-39/h4-5,8,10-12,18-19,21,35,39-40H,6-7,9,13-17,20,22H2,1-3H3. The SMILES string of the molecule is COc1cc(OCc2cccc(-c3cccc(OCCCn4cc(CCCO)nn4)c3C)c2C)c(Cl)cc1CNCCO. The summed E-state index contributed by atoms with van der Waals surface area (Å²) in [5, 5.41) is 30.0. The second-order valence-electron chi connectivity index (χ2n) is 10.3. The van der Waals surface area contributed by atoms with Gasteiger partial charge in [0.15, 0.2) is 0 Å². The van der Waals surface area contributed by atoms with Crippen LogP contribution in [0, 0.1) is 13.8 Å². The van der Waals surface area contributed by atoms with E-state index in [0.29, 0.717) is 55.8 Å². The number of hydrogen-bond acceptors (Lipinski definition) is 8. The number of halogens is 1. The molecule has 9 nitrogen and oxygen atoms in total. The molecule has 4 aromatic rings. The van der Waals surface area contributed by atoms with Crippen molar-refractivity contribution >= 4 is 11.6 Å². The molecule has 0 fully saturated rings. The maximum atomic E-state index is 9.03. The van der Waals surface area contributed by atoms with Gasteiger partial charge < -0.3 is 29.7 Å². The minimum Gasteiger partial charge on any atom is -0.496 e. The number of aliphatic hydroxyl groups excluding tert-OH is 2. The van der Waals surface area contributed by atoms with Crippen LogP contribution in [0.3, 0.4) is 0 Å². The molecule has 10 heteroatoms. The maximum absolute atomic E-state index is 9.03. The van der Waals surface area contributed by atoms with Crippen LogP contribution in [0.25, 0.3) is 11.1 Å².